The maximum atomic E-state index is 5.90. The first-order chi connectivity index (χ1) is 8.61. The van der Waals surface area contributed by atoms with Gasteiger partial charge in [0.1, 0.15) is 0 Å². The molecule has 3 N–H and O–H groups in total. The second-order valence-corrected chi connectivity index (χ2v) is 7.35. The Hall–Kier alpha value is -0.960. The molecule has 0 saturated heterocycles. The Labute approximate surface area is 123 Å². The fourth-order valence-electron chi connectivity index (χ4n) is 2.40. The summed E-state index contributed by atoms with van der Waals surface area (Å²) in [5.41, 5.74) is 7.93. The Morgan fingerprint density at radius 1 is 1.26 bits per heavy atom. The van der Waals surface area contributed by atoms with Crippen molar-refractivity contribution < 1.29 is 0 Å². The van der Waals surface area contributed by atoms with E-state index < -0.39 is 0 Å². The van der Waals surface area contributed by atoms with Crippen molar-refractivity contribution in [3.63, 3.8) is 0 Å². The van der Waals surface area contributed by atoms with Crippen molar-refractivity contribution in [2.45, 2.75) is 60.4 Å². The Balaban J connectivity index is 0.00000154. The number of thiophene rings is 1. The molecule has 19 heavy (non-hydrogen) atoms. The van der Waals surface area contributed by atoms with Crippen LogP contribution in [0.15, 0.2) is 18.0 Å². The molecule has 0 aliphatic heterocycles. The van der Waals surface area contributed by atoms with E-state index in [0.717, 1.165) is 22.7 Å². The van der Waals surface area contributed by atoms with Crippen molar-refractivity contribution >= 4 is 22.7 Å². The van der Waals surface area contributed by atoms with Gasteiger partial charge in [-0.15, -0.1) is 11.3 Å². The van der Waals surface area contributed by atoms with Gasteiger partial charge < -0.3 is 11.1 Å². The van der Waals surface area contributed by atoms with Crippen molar-refractivity contribution in [2.75, 3.05) is 5.73 Å². The van der Waals surface area contributed by atoms with Gasteiger partial charge >= 0.3 is 0 Å². The lowest BCUT2D eigenvalue weighted by molar-refractivity contribution is 0.264. The van der Waals surface area contributed by atoms with Gasteiger partial charge in [0, 0.05) is 11.2 Å². The molecule has 1 aromatic rings. The Morgan fingerprint density at radius 2 is 1.79 bits per heavy atom. The van der Waals surface area contributed by atoms with Gasteiger partial charge in [0.05, 0.1) is 10.6 Å². The molecular formula is C16H30N2S. The molecule has 3 heteroatoms. The van der Waals surface area contributed by atoms with Gasteiger partial charge in [-0.3, -0.25) is 0 Å². The van der Waals surface area contributed by atoms with E-state index in [2.05, 4.69) is 46.5 Å². The average molecular weight is 282 g/mol. The van der Waals surface area contributed by atoms with E-state index in [1.165, 1.54) is 0 Å². The highest BCUT2D eigenvalue weighted by Gasteiger charge is 2.26. The minimum atomic E-state index is 0.0196. The molecule has 0 bridgehead atoms. The van der Waals surface area contributed by atoms with Crippen molar-refractivity contribution in [2.24, 2.45) is 5.41 Å². The predicted octanol–water partition coefficient (Wildman–Crippen LogP) is 5.13. The first-order valence-electron chi connectivity index (χ1n) is 6.91. The van der Waals surface area contributed by atoms with Crippen molar-refractivity contribution in [3.05, 3.63) is 22.9 Å². The summed E-state index contributed by atoms with van der Waals surface area (Å²) in [7, 11) is 0. The molecule has 0 spiro atoms. The van der Waals surface area contributed by atoms with E-state index in [0.29, 0.717) is 0 Å². The maximum Gasteiger partial charge on any atom is 0.0725 e. The van der Waals surface area contributed by atoms with E-state index in [1.54, 1.807) is 11.3 Å². The Morgan fingerprint density at radius 3 is 2.16 bits per heavy atom. The van der Waals surface area contributed by atoms with Crippen LogP contribution in [0.3, 0.4) is 0 Å². The summed E-state index contributed by atoms with van der Waals surface area (Å²) in [6, 6.07) is 1.92. The molecule has 1 heterocycles. The number of nitrogen functional groups attached to an aromatic ring is 1. The SMILES string of the molecule is C=C(NC(C)(C)CC(C)(C)C)c1sccc1N.CC. The van der Waals surface area contributed by atoms with Gasteiger partial charge in [0.15, 0.2) is 0 Å². The summed E-state index contributed by atoms with van der Waals surface area (Å²) in [5, 5.41) is 5.49. The van der Waals surface area contributed by atoms with Crippen LogP contribution < -0.4 is 11.1 Å². The maximum absolute atomic E-state index is 5.90. The second-order valence-electron chi connectivity index (χ2n) is 6.43. The monoisotopic (exact) mass is 282 g/mol. The minimum Gasteiger partial charge on any atom is -0.397 e. The Kier molecular flexibility index (Phi) is 6.64. The van der Waals surface area contributed by atoms with E-state index in [4.69, 9.17) is 5.73 Å². The van der Waals surface area contributed by atoms with Crippen molar-refractivity contribution in [1.29, 1.82) is 0 Å². The highest BCUT2D eigenvalue weighted by molar-refractivity contribution is 7.11. The molecule has 0 fully saturated rings. The zero-order valence-corrected chi connectivity index (χ0v) is 14.4. The molecule has 0 atom stereocenters. The molecule has 110 valence electrons. The Bertz CT molecular complexity index is 397. The number of nitrogens with one attached hydrogen (secondary N) is 1. The summed E-state index contributed by atoms with van der Waals surface area (Å²) in [5.74, 6) is 0. The van der Waals surface area contributed by atoms with Crippen LogP contribution in [-0.4, -0.2) is 5.54 Å². The third-order valence-electron chi connectivity index (χ3n) is 2.43. The zero-order valence-electron chi connectivity index (χ0n) is 13.6. The van der Waals surface area contributed by atoms with Gasteiger partial charge in [-0.25, -0.2) is 0 Å². The number of hydrogen-bond donors (Lipinski definition) is 2. The number of rotatable bonds is 4. The lowest BCUT2D eigenvalue weighted by atomic mass is 9.81. The second kappa shape index (κ2) is 6.99. The van der Waals surface area contributed by atoms with Crippen LogP contribution in [0.4, 0.5) is 5.69 Å². The number of anilines is 1. The standard InChI is InChI=1S/C14H24N2S.C2H6/c1-10(12-11(15)7-8-17-12)16-14(5,6)9-13(2,3)4;1-2/h7-8,16H,1,9,15H2,2-6H3;1-2H3. The molecule has 0 aliphatic carbocycles. The lowest BCUT2D eigenvalue weighted by Gasteiger charge is -2.34. The van der Waals surface area contributed by atoms with Crippen LogP contribution in [0.1, 0.15) is 59.8 Å². The van der Waals surface area contributed by atoms with Crippen LogP contribution in [0.5, 0.6) is 0 Å². The smallest absolute Gasteiger partial charge is 0.0725 e. The zero-order chi connectivity index (χ0) is 15.3. The topological polar surface area (TPSA) is 38.0 Å². The molecule has 0 aromatic carbocycles. The fraction of sp³-hybridized carbons (Fsp3) is 0.625. The molecule has 0 unspecified atom stereocenters. The molecule has 1 aromatic heterocycles. The average Bonchev–Trinajstić information content (AvgIpc) is 2.62. The van der Waals surface area contributed by atoms with Crippen molar-refractivity contribution in [3.8, 4) is 0 Å². The van der Waals surface area contributed by atoms with Crippen molar-refractivity contribution in [1.82, 2.24) is 5.32 Å². The third-order valence-corrected chi connectivity index (χ3v) is 3.42. The summed E-state index contributed by atoms with van der Waals surface area (Å²) >= 11 is 1.63. The first kappa shape index (κ1) is 18.0. The fourth-order valence-corrected chi connectivity index (χ4v) is 3.15. The lowest BCUT2D eigenvalue weighted by Crippen LogP contribution is -2.40. The van der Waals surface area contributed by atoms with E-state index >= 15 is 0 Å². The molecule has 0 aliphatic rings. The van der Waals surface area contributed by atoms with Crippen LogP contribution >= 0.6 is 11.3 Å². The molecular weight excluding hydrogens is 252 g/mol. The van der Waals surface area contributed by atoms with Crippen LogP contribution in [0, 0.1) is 5.41 Å². The van der Waals surface area contributed by atoms with Gasteiger partial charge in [-0.1, -0.05) is 41.2 Å². The highest BCUT2D eigenvalue weighted by atomic mass is 32.1. The number of hydrogen-bond acceptors (Lipinski definition) is 3. The first-order valence-corrected chi connectivity index (χ1v) is 7.79. The minimum absolute atomic E-state index is 0.0196. The van der Waals surface area contributed by atoms with Crippen LogP contribution in [-0.2, 0) is 0 Å². The normalized spacial score (nSPS) is 11.5. The van der Waals surface area contributed by atoms with Gasteiger partial charge in [0.2, 0.25) is 0 Å². The van der Waals surface area contributed by atoms with Crippen LogP contribution in [0.2, 0.25) is 0 Å². The van der Waals surface area contributed by atoms with Crippen LogP contribution in [0.25, 0.3) is 5.70 Å². The largest absolute Gasteiger partial charge is 0.397 e. The predicted molar refractivity (Wildman–Crippen MR) is 90.4 cm³/mol. The van der Waals surface area contributed by atoms with E-state index in [-0.39, 0.29) is 11.0 Å². The van der Waals surface area contributed by atoms with E-state index in [9.17, 15) is 0 Å². The van der Waals surface area contributed by atoms with E-state index in [1.807, 2.05) is 25.3 Å². The summed E-state index contributed by atoms with van der Waals surface area (Å²) in [4.78, 5) is 1.05. The summed E-state index contributed by atoms with van der Waals surface area (Å²) < 4.78 is 0. The summed E-state index contributed by atoms with van der Waals surface area (Å²) in [6.07, 6.45) is 1.07. The molecule has 0 amide bonds. The third kappa shape index (κ3) is 6.67. The molecule has 0 saturated carbocycles. The number of nitrogens with two attached hydrogens (primary N) is 1. The quantitative estimate of drug-likeness (QED) is 0.803. The van der Waals surface area contributed by atoms with Gasteiger partial charge in [-0.05, 0) is 37.1 Å². The molecule has 1 rings (SSSR count). The van der Waals surface area contributed by atoms with Gasteiger partial charge in [0.25, 0.3) is 0 Å². The molecule has 2 nitrogen and oxygen atoms in total. The van der Waals surface area contributed by atoms with Gasteiger partial charge in [-0.2, -0.15) is 0 Å². The highest BCUT2D eigenvalue weighted by Crippen LogP contribution is 2.31. The molecule has 0 radical (unpaired) electrons. The summed E-state index contributed by atoms with van der Waals surface area (Å²) in [6.45, 7) is 19.2.